The highest BCUT2D eigenvalue weighted by Crippen LogP contribution is 2.17. The van der Waals surface area contributed by atoms with Gasteiger partial charge in [0.2, 0.25) is 5.82 Å². The molecule has 0 aliphatic heterocycles. The molecule has 0 aliphatic rings. The zero-order valence-electron chi connectivity index (χ0n) is 14.7. The number of aromatic amines is 1. The summed E-state index contributed by atoms with van der Waals surface area (Å²) in [6.45, 7) is 2.96. The number of nitrogens with one attached hydrogen (secondary N) is 2. The van der Waals surface area contributed by atoms with Crippen LogP contribution in [-0.4, -0.2) is 34.4 Å². The number of aryl methyl sites for hydroxylation is 1. The number of imidazole rings is 1. The molecule has 1 aromatic carbocycles. The van der Waals surface area contributed by atoms with E-state index >= 15 is 0 Å². The molecule has 0 aliphatic carbocycles. The first kappa shape index (κ1) is 18.5. The van der Waals surface area contributed by atoms with E-state index in [9.17, 15) is 4.21 Å². The molecule has 27 heavy (non-hydrogen) atoms. The van der Waals surface area contributed by atoms with E-state index in [1.165, 1.54) is 6.20 Å². The molecule has 1 unspecified atom stereocenters. The van der Waals surface area contributed by atoms with Gasteiger partial charge in [-0.25, -0.2) is 4.98 Å². The van der Waals surface area contributed by atoms with Crippen LogP contribution in [0.2, 0.25) is 0 Å². The molecule has 10 heteroatoms. The van der Waals surface area contributed by atoms with E-state index in [0.717, 1.165) is 29.2 Å². The van der Waals surface area contributed by atoms with Crippen molar-refractivity contribution in [3.8, 4) is 6.07 Å². The van der Waals surface area contributed by atoms with Crippen molar-refractivity contribution < 1.29 is 4.21 Å². The Balaban J connectivity index is 1.65. The SMILES string of the molecule is CCCn1cncc1CS(=O)c1ccc(NC=C(C#N)c2nn[nH]n2)cc1. The predicted molar refractivity (Wildman–Crippen MR) is 100 cm³/mol. The second-order valence-electron chi connectivity index (χ2n) is 5.64. The van der Waals surface area contributed by atoms with Gasteiger partial charge in [0.15, 0.2) is 0 Å². The van der Waals surface area contributed by atoms with Gasteiger partial charge in [-0.1, -0.05) is 6.92 Å². The number of rotatable bonds is 8. The molecular weight excluding hydrogens is 364 g/mol. The van der Waals surface area contributed by atoms with E-state index < -0.39 is 10.8 Å². The molecule has 0 spiro atoms. The number of tetrazole rings is 1. The van der Waals surface area contributed by atoms with Crippen LogP contribution in [0, 0.1) is 11.3 Å². The van der Waals surface area contributed by atoms with Crippen LogP contribution >= 0.6 is 0 Å². The average molecular weight is 382 g/mol. The fourth-order valence-corrected chi connectivity index (χ4v) is 3.52. The maximum absolute atomic E-state index is 12.6. The molecule has 0 bridgehead atoms. The van der Waals surface area contributed by atoms with E-state index in [2.05, 4.69) is 37.8 Å². The molecule has 1 atom stereocenters. The number of anilines is 1. The number of hydrogen-bond donors (Lipinski definition) is 2. The van der Waals surface area contributed by atoms with Crippen LogP contribution in [-0.2, 0) is 23.1 Å². The van der Waals surface area contributed by atoms with Gasteiger partial charge < -0.3 is 9.88 Å². The first-order chi connectivity index (χ1) is 13.2. The van der Waals surface area contributed by atoms with Gasteiger partial charge in [0.1, 0.15) is 11.6 Å². The molecular formula is C17H18N8OS. The van der Waals surface area contributed by atoms with Gasteiger partial charge in [-0.05, 0) is 35.9 Å². The number of nitriles is 1. The Morgan fingerprint density at radius 3 is 2.89 bits per heavy atom. The zero-order valence-corrected chi connectivity index (χ0v) is 15.5. The molecule has 2 aromatic heterocycles. The molecule has 0 amide bonds. The Morgan fingerprint density at radius 1 is 1.41 bits per heavy atom. The zero-order chi connectivity index (χ0) is 19.1. The van der Waals surface area contributed by atoms with Gasteiger partial charge in [-0.2, -0.15) is 10.5 Å². The first-order valence-corrected chi connectivity index (χ1v) is 9.61. The predicted octanol–water partition coefficient (Wildman–Crippen LogP) is 2.09. The van der Waals surface area contributed by atoms with Crippen LogP contribution in [0.15, 0.2) is 47.9 Å². The van der Waals surface area contributed by atoms with Gasteiger partial charge in [-0.3, -0.25) is 4.21 Å². The molecule has 0 saturated heterocycles. The Hall–Kier alpha value is -3.32. The molecule has 9 nitrogen and oxygen atoms in total. The van der Waals surface area contributed by atoms with E-state index in [-0.39, 0.29) is 11.4 Å². The Labute approximate surface area is 158 Å². The van der Waals surface area contributed by atoms with Crippen LogP contribution in [0.3, 0.4) is 0 Å². The normalized spacial score (nSPS) is 12.5. The topological polar surface area (TPSA) is 125 Å². The van der Waals surface area contributed by atoms with Crippen molar-refractivity contribution >= 4 is 22.1 Å². The number of hydrogen-bond acceptors (Lipinski definition) is 7. The van der Waals surface area contributed by atoms with Crippen LogP contribution in [0.1, 0.15) is 24.9 Å². The van der Waals surface area contributed by atoms with Gasteiger partial charge in [0, 0.05) is 29.5 Å². The minimum absolute atomic E-state index is 0.214. The summed E-state index contributed by atoms with van der Waals surface area (Å²) >= 11 is 0. The largest absolute Gasteiger partial charge is 0.360 e. The van der Waals surface area contributed by atoms with Crippen molar-refractivity contribution in [1.29, 1.82) is 5.26 Å². The summed E-state index contributed by atoms with van der Waals surface area (Å²) in [6, 6.07) is 9.21. The van der Waals surface area contributed by atoms with Crippen molar-refractivity contribution in [3.05, 3.63) is 54.5 Å². The van der Waals surface area contributed by atoms with Crippen molar-refractivity contribution in [2.24, 2.45) is 0 Å². The molecule has 0 saturated carbocycles. The molecule has 138 valence electrons. The summed E-state index contributed by atoms with van der Waals surface area (Å²) in [5.74, 6) is 0.634. The highest BCUT2D eigenvalue weighted by molar-refractivity contribution is 7.84. The fourth-order valence-electron chi connectivity index (χ4n) is 2.41. The number of benzene rings is 1. The quantitative estimate of drug-likeness (QED) is 0.571. The lowest BCUT2D eigenvalue weighted by molar-refractivity contribution is 0.652. The Bertz CT molecular complexity index is 969. The van der Waals surface area contributed by atoms with Crippen LogP contribution in [0.5, 0.6) is 0 Å². The second-order valence-corrected chi connectivity index (χ2v) is 7.09. The minimum Gasteiger partial charge on any atom is -0.360 e. The summed E-state index contributed by atoms with van der Waals surface area (Å²) in [5, 5.41) is 25.4. The monoisotopic (exact) mass is 382 g/mol. The number of aromatic nitrogens is 6. The number of allylic oxidation sites excluding steroid dienone is 1. The second kappa shape index (κ2) is 8.86. The summed E-state index contributed by atoms with van der Waals surface area (Å²) in [4.78, 5) is 4.87. The summed E-state index contributed by atoms with van der Waals surface area (Å²) < 4.78 is 14.6. The smallest absolute Gasteiger partial charge is 0.216 e. The van der Waals surface area contributed by atoms with Gasteiger partial charge >= 0.3 is 0 Å². The molecule has 0 radical (unpaired) electrons. The van der Waals surface area contributed by atoms with E-state index in [1.54, 1.807) is 36.8 Å². The highest BCUT2D eigenvalue weighted by Gasteiger charge is 2.10. The molecule has 2 heterocycles. The number of H-pyrrole nitrogens is 1. The van der Waals surface area contributed by atoms with Crippen LogP contribution < -0.4 is 5.32 Å². The van der Waals surface area contributed by atoms with Gasteiger partial charge in [0.25, 0.3) is 0 Å². The lowest BCUT2D eigenvalue weighted by Crippen LogP contribution is -2.05. The summed E-state index contributed by atoms with van der Waals surface area (Å²) in [6.07, 6.45) is 6.03. The molecule has 2 N–H and O–H groups in total. The summed E-state index contributed by atoms with van der Waals surface area (Å²) in [5.41, 5.74) is 1.96. The number of nitrogens with zero attached hydrogens (tertiary/aromatic N) is 6. The fraction of sp³-hybridized carbons (Fsp3) is 0.235. The maximum Gasteiger partial charge on any atom is 0.216 e. The average Bonchev–Trinajstić information content (AvgIpc) is 3.36. The third-order valence-corrected chi connectivity index (χ3v) is 5.10. The Kier molecular flexibility index (Phi) is 6.06. The van der Waals surface area contributed by atoms with E-state index in [1.807, 2.05) is 10.6 Å². The van der Waals surface area contributed by atoms with E-state index in [0.29, 0.717) is 5.75 Å². The van der Waals surface area contributed by atoms with Crippen molar-refractivity contribution in [2.45, 2.75) is 30.5 Å². The minimum atomic E-state index is -1.16. The van der Waals surface area contributed by atoms with Crippen molar-refractivity contribution in [3.63, 3.8) is 0 Å². The maximum atomic E-state index is 12.6. The molecule has 3 aromatic rings. The van der Waals surface area contributed by atoms with Gasteiger partial charge in [0.05, 0.1) is 28.6 Å². The third kappa shape index (κ3) is 4.65. The van der Waals surface area contributed by atoms with Gasteiger partial charge in [-0.15, -0.1) is 10.2 Å². The lowest BCUT2D eigenvalue weighted by atomic mass is 10.3. The highest BCUT2D eigenvalue weighted by atomic mass is 32.2. The van der Waals surface area contributed by atoms with E-state index in [4.69, 9.17) is 5.26 Å². The van der Waals surface area contributed by atoms with Crippen LogP contribution in [0.4, 0.5) is 5.69 Å². The van der Waals surface area contributed by atoms with Crippen molar-refractivity contribution in [2.75, 3.05) is 5.32 Å². The lowest BCUT2D eigenvalue weighted by Gasteiger charge is -2.07. The molecule has 3 rings (SSSR count). The van der Waals surface area contributed by atoms with Crippen LogP contribution in [0.25, 0.3) is 5.57 Å². The Morgan fingerprint density at radius 2 is 2.22 bits per heavy atom. The first-order valence-electron chi connectivity index (χ1n) is 8.29. The molecule has 0 fully saturated rings. The van der Waals surface area contributed by atoms with Crippen molar-refractivity contribution in [1.82, 2.24) is 30.2 Å². The standard InChI is InChI=1S/C17H18N8OS/c1-2-7-25-12-19-10-15(25)11-27(26)16-5-3-14(4-6-16)20-9-13(8-18)17-21-23-24-22-17/h3-6,9-10,12,20H,2,7,11H2,1H3,(H,21,22,23,24). The third-order valence-electron chi connectivity index (χ3n) is 3.75. The summed E-state index contributed by atoms with van der Waals surface area (Å²) in [7, 11) is -1.16.